The van der Waals surface area contributed by atoms with Gasteiger partial charge in [0.2, 0.25) is 0 Å². The summed E-state index contributed by atoms with van der Waals surface area (Å²) in [5.41, 5.74) is 0.373. The Labute approximate surface area is 124 Å². The van der Waals surface area contributed by atoms with Crippen LogP contribution in [0.5, 0.6) is 0 Å². The maximum Gasteiger partial charge on any atom is 0.0495 e. The molecule has 0 aromatic heterocycles. The van der Waals surface area contributed by atoms with Crippen molar-refractivity contribution < 1.29 is 4.74 Å². The van der Waals surface area contributed by atoms with Crippen LogP contribution in [0, 0.1) is 17.8 Å². The maximum absolute atomic E-state index is 5.53. The molecule has 0 amide bonds. The molecule has 0 spiro atoms. The standard InChI is InChI=1S/C17H32N2O/c1-13(2)16-10-18-17(3,15-4-5-15)12-19(16)8-6-14-7-9-20-11-14/h13-16,18H,4-12H2,1-3H3. The zero-order valence-corrected chi connectivity index (χ0v) is 13.5. The molecule has 3 rings (SSSR count). The van der Waals surface area contributed by atoms with E-state index in [2.05, 4.69) is 31.0 Å². The van der Waals surface area contributed by atoms with Gasteiger partial charge in [-0.25, -0.2) is 0 Å². The van der Waals surface area contributed by atoms with Gasteiger partial charge in [-0.2, -0.15) is 0 Å². The van der Waals surface area contributed by atoms with E-state index in [1.807, 2.05) is 0 Å². The van der Waals surface area contributed by atoms with Gasteiger partial charge in [-0.05, 0) is 56.9 Å². The highest BCUT2D eigenvalue weighted by Gasteiger charge is 2.46. The molecule has 116 valence electrons. The lowest BCUT2D eigenvalue weighted by atomic mass is 9.87. The molecule has 3 atom stereocenters. The van der Waals surface area contributed by atoms with E-state index in [1.165, 1.54) is 45.3 Å². The van der Waals surface area contributed by atoms with Crippen molar-refractivity contribution >= 4 is 0 Å². The Hall–Kier alpha value is -0.120. The summed E-state index contributed by atoms with van der Waals surface area (Å²) in [7, 11) is 0. The summed E-state index contributed by atoms with van der Waals surface area (Å²) in [5, 5.41) is 3.88. The molecule has 3 fully saturated rings. The van der Waals surface area contributed by atoms with Gasteiger partial charge in [-0.3, -0.25) is 4.90 Å². The molecule has 3 heteroatoms. The van der Waals surface area contributed by atoms with Crippen molar-refractivity contribution in [3.05, 3.63) is 0 Å². The van der Waals surface area contributed by atoms with Crippen molar-refractivity contribution in [3.63, 3.8) is 0 Å². The molecule has 1 aliphatic carbocycles. The Morgan fingerprint density at radius 3 is 2.70 bits per heavy atom. The minimum absolute atomic E-state index is 0.373. The van der Waals surface area contributed by atoms with Crippen molar-refractivity contribution in [3.8, 4) is 0 Å². The molecule has 3 nitrogen and oxygen atoms in total. The van der Waals surface area contributed by atoms with E-state index < -0.39 is 0 Å². The average molecular weight is 280 g/mol. The zero-order chi connectivity index (χ0) is 14.2. The third-order valence-corrected chi connectivity index (χ3v) is 5.81. The molecule has 2 saturated heterocycles. The fraction of sp³-hybridized carbons (Fsp3) is 1.00. The molecule has 0 bridgehead atoms. The molecule has 1 saturated carbocycles. The van der Waals surface area contributed by atoms with Gasteiger partial charge >= 0.3 is 0 Å². The second-order valence-electron chi connectivity index (χ2n) is 7.87. The molecule has 3 aliphatic rings. The van der Waals surface area contributed by atoms with Crippen molar-refractivity contribution in [2.24, 2.45) is 17.8 Å². The van der Waals surface area contributed by atoms with Crippen LogP contribution >= 0.6 is 0 Å². The van der Waals surface area contributed by atoms with Crippen molar-refractivity contribution in [2.75, 3.05) is 32.8 Å². The quantitative estimate of drug-likeness (QED) is 0.837. The van der Waals surface area contributed by atoms with Gasteiger partial charge in [0, 0.05) is 37.9 Å². The number of nitrogens with zero attached hydrogens (tertiary/aromatic N) is 1. The summed E-state index contributed by atoms with van der Waals surface area (Å²) in [6.07, 6.45) is 5.46. The van der Waals surface area contributed by atoms with Crippen LogP contribution in [0.2, 0.25) is 0 Å². The highest BCUT2D eigenvalue weighted by atomic mass is 16.5. The first-order chi connectivity index (χ1) is 9.58. The summed E-state index contributed by atoms with van der Waals surface area (Å²) in [5.74, 6) is 2.48. The van der Waals surface area contributed by atoms with Gasteiger partial charge in [0.25, 0.3) is 0 Å². The van der Waals surface area contributed by atoms with Crippen LogP contribution in [-0.2, 0) is 4.74 Å². The number of piperazine rings is 1. The van der Waals surface area contributed by atoms with Gasteiger partial charge in [0.1, 0.15) is 0 Å². The number of ether oxygens (including phenoxy) is 1. The van der Waals surface area contributed by atoms with E-state index in [9.17, 15) is 0 Å². The van der Waals surface area contributed by atoms with Crippen molar-refractivity contribution in [2.45, 2.75) is 58.0 Å². The number of rotatable bonds is 5. The van der Waals surface area contributed by atoms with Crippen LogP contribution in [0.4, 0.5) is 0 Å². The Kier molecular flexibility index (Phi) is 4.40. The van der Waals surface area contributed by atoms with Crippen LogP contribution in [-0.4, -0.2) is 49.3 Å². The number of hydrogen-bond donors (Lipinski definition) is 1. The molecule has 0 aromatic rings. The average Bonchev–Trinajstić information content (AvgIpc) is 3.15. The van der Waals surface area contributed by atoms with Crippen LogP contribution in [0.3, 0.4) is 0 Å². The van der Waals surface area contributed by atoms with E-state index in [0.717, 1.165) is 31.0 Å². The SMILES string of the molecule is CC(C)C1CNC(C)(C2CC2)CN1CCC1CCOC1. The molecule has 1 N–H and O–H groups in total. The van der Waals surface area contributed by atoms with Crippen molar-refractivity contribution in [1.82, 2.24) is 10.2 Å². The zero-order valence-electron chi connectivity index (χ0n) is 13.5. The summed E-state index contributed by atoms with van der Waals surface area (Å²) < 4.78 is 5.53. The smallest absolute Gasteiger partial charge is 0.0495 e. The Morgan fingerprint density at radius 2 is 2.10 bits per heavy atom. The van der Waals surface area contributed by atoms with Gasteiger partial charge < -0.3 is 10.1 Å². The Morgan fingerprint density at radius 1 is 1.30 bits per heavy atom. The van der Waals surface area contributed by atoms with Gasteiger partial charge in [-0.15, -0.1) is 0 Å². The Balaban J connectivity index is 1.59. The lowest BCUT2D eigenvalue weighted by Gasteiger charge is -2.48. The summed E-state index contributed by atoms with van der Waals surface area (Å²) in [4.78, 5) is 2.79. The minimum atomic E-state index is 0.373. The fourth-order valence-electron chi connectivity index (χ4n) is 4.12. The molecule has 20 heavy (non-hydrogen) atoms. The maximum atomic E-state index is 5.53. The number of hydrogen-bond acceptors (Lipinski definition) is 3. The molecule has 0 aromatic carbocycles. The molecule has 2 heterocycles. The second-order valence-corrected chi connectivity index (χ2v) is 7.87. The predicted octanol–water partition coefficient (Wildman–Crippen LogP) is 2.51. The van der Waals surface area contributed by atoms with E-state index >= 15 is 0 Å². The molecule has 0 radical (unpaired) electrons. The third kappa shape index (κ3) is 3.20. The Bertz CT molecular complexity index is 323. The van der Waals surface area contributed by atoms with Gasteiger partial charge in [0.15, 0.2) is 0 Å². The summed E-state index contributed by atoms with van der Waals surface area (Å²) in [6.45, 7) is 12.9. The molecule has 2 aliphatic heterocycles. The van der Waals surface area contributed by atoms with E-state index in [4.69, 9.17) is 4.74 Å². The lowest BCUT2D eigenvalue weighted by molar-refractivity contribution is 0.0473. The third-order valence-electron chi connectivity index (χ3n) is 5.81. The highest BCUT2D eigenvalue weighted by Crippen LogP contribution is 2.41. The summed E-state index contributed by atoms with van der Waals surface area (Å²) in [6, 6.07) is 0.712. The molecular weight excluding hydrogens is 248 g/mol. The van der Waals surface area contributed by atoms with E-state index in [0.29, 0.717) is 11.6 Å². The van der Waals surface area contributed by atoms with Crippen LogP contribution in [0.15, 0.2) is 0 Å². The normalized spacial score (nSPS) is 39.6. The van der Waals surface area contributed by atoms with Gasteiger partial charge in [0.05, 0.1) is 0 Å². The first-order valence-electron chi connectivity index (χ1n) is 8.65. The summed E-state index contributed by atoms with van der Waals surface area (Å²) >= 11 is 0. The molecule has 3 unspecified atom stereocenters. The minimum Gasteiger partial charge on any atom is -0.381 e. The first kappa shape index (κ1) is 14.8. The van der Waals surface area contributed by atoms with E-state index in [-0.39, 0.29) is 0 Å². The van der Waals surface area contributed by atoms with Crippen LogP contribution in [0.25, 0.3) is 0 Å². The van der Waals surface area contributed by atoms with Crippen molar-refractivity contribution in [1.29, 1.82) is 0 Å². The van der Waals surface area contributed by atoms with Gasteiger partial charge in [-0.1, -0.05) is 13.8 Å². The van der Waals surface area contributed by atoms with Crippen LogP contribution < -0.4 is 5.32 Å². The largest absolute Gasteiger partial charge is 0.381 e. The molecular formula is C17H32N2O. The van der Waals surface area contributed by atoms with Crippen LogP contribution in [0.1, 0.15) is 46.5 Å². The topological polar surface area (TPSA) is 24.5 Å². The lowest BCUT2D eigenvalue weighted by Crippen LogP contribution is -2.65. The fourth-order valence-corrected chi connectivity index (χ4v) is 4.12. The first-order valence-corrected chi connectivity index (χ1v) is 8.65. The monoisotopic (exact) mass is 280 g/mol. The predicted molar refractivity (Wildman–Crippen MR) is 82.9 cm³/mol. The highest BCUT2D eigenvalue weighted by molar-refractivity contribution is 5.04. The number of nitrogens with one attached hydrogen (secondary N) is 1. The second kappa shape index (κ2) is 5.94. The van der Waals surface area contributed by atoms with E-state index in [1.54, 1.807) is 0 Å².